The number of ether oxygens (including phenoxy) is 1. The second-order valence-electron chi connectivity index (χ2n) is 3.06. The Hall–Kier alpha value is -1.28. The summed E-state index contributed by atoms with van der Waals surface area (Å²) in [7, 11) is 0. The Balaban J connectivity index is 2.25. The number of hydrogen-bond acceptors (Lipinski definition) is 2. The molecule has 0 atom stereocenters. The predicted octanol–water partition coefficient (Wildman–Crippen LogP) is 3.31. The first-order chi connectivity index (χ1) is 7.33. The fourth-order valence-corrected chi connectivity index (χ4v) is 1.25. The van der Waals surface area contributed by atoms with Gasteiger partial charge in [-0.3, -0.25) is 4.79 Å². The van der Waals surface area contributed by atoms with Gasteiger partial charge in [0, 0.05) is 5.02 Å². The molecular formula is C12H13ClO2. The van der Waals surface area contributed by atoms with Crippen LogP contribution in [0.3, 0.4) is 0 Å². The SMILES string of the molecule is O=COCCCC=Cc1ccc(Cl)cc1. The van der Waals surface area contributed by atoms with Crippen molar-refractivity contribution in [2.45, 2.75) is 12.8 Å². The van der Waals surface area contributed by atoms with Crippen molar-refractivity contribution in [3.8, 4) is 0 Å². The first-order valence-corrected chi connectivity index (χ1v) is 5.18. The summed E-state index contributed by atoms with van der Waals surface area (Å²) in [5.74, 6) is 0. The molecule has 15 heavy (non-hydrogen) atoms. The Morgan fingerprint density at radius 3 is 2.67 bits per heavy atom. The minimum absolute atomic E-state index is 0.475. The van der Waals surface area contributed by atoms with Gasteiger partial charge in [0.2, 0.25) is 0 Å². The number of carbonyl (C=O) groups is 1. The second kappa shape index (κ2) is 7.07. The molecule has 1 aromatic rings. The van der Waals surface area contributed by atoms with Crippen LogP contribution in [0.25, 0.3) is 6.08 Å². The average Bonchev–Trinajstić information content (AvgIpc) is 2.26. The maximum Gasteiger partial charge on any atom is 0.293 e. The lowest BCUT2D eigenvalue weighted by Gasteiger charge is -1.95. The third-order valence-corrected chi connectivity index (χ3v) is 2.13. The van der Waals surface area contributed by atoms with Gasteiger partial charge in [-0.15, -0.1) is 0 Å². The summed E-state index contributed by atoms with van der Waals surface area (Å²) in [6.07, 6.45) is 5.83. The molecule has 0 spiro atoms. The molecule has 80 valence electrons. The monoisotopic (exact) mass is 224 g/mol. The van der Waals surface area contributed by atoms with Gasteiger partial charge in [-0.25, -0.2) is 0 Å². The molecule has 0 aromatic heterocycles. The summed E-state index contributed by atoms with van der Waals surface area (Å²) >= 11 is 5.76. The van der Waals surface area contributed by atoms with Gasteiger partial charge in [-0.1, -0.05) is 35.9 Å². The minimum atomic E-state index is 0.475. The molecule has 0 heterocycles. The Morgan fingerprint density at radius 2 is 2.00 bits per heavy atom. The van der Waals surface area contributed by atoms with E-state index in [4.69, 9.17) is 11.6 Å². The Labute approximate surface area is 94.5 Å². The number of unbranched alkanes of at least 4 members (excludes halogenated alkanes) is 1. The van der Waals surface area contributed by atoms with E-state index in [1.807, 2.05) is 30.3 Å². The summed E-state index contributed by atoms with van der Waals surface area (Å²) < 4.78 is 4.57. The Bertz CT molecular complexity index is 317. The van der Waals surface area contributed by atoms with Crippen LogP contribution < -0.4 is 0 Å². The maximum absolute atomic E-state index is 9.84. The third kappa shape index (κ3) is 5.23. The van der Waals surface area contributed by atoms with Crippen molar-refractivity contribution in [3.05, 3.63) is 40.9 Å². The molecule has 0 aliphatic carbocycles. The molecule has 0 aliphatic heterocycles. The van der Waals surface area contributed by atoms with Gasteiger partial charge in [-0.05, 0) is 30.5 Å². The van der Waals surface area contributed by atoms with E-state index < -0.39 is 0 Å². The van der Waals surface area contributed by atoms with E-state index >= 15 is 0 Å². The normalized spacial score (nSPS) is 10.5. The molecule has 0 amide bonds. The smallest absolute Gasteiger partial charge is 0.293 e. The molecule has 0 aliphatic rings. The molecule has 1 rings (SSSR count). The van der Waals surface area contributed by atoms with Crippen LogP contribution in [0.5, 0.6) is 0 Å². The second-order valence-corrected chi connectivity index (χ2v) is 3.50. The molecule has 0 N–H and O–H groups in total. The lowest BCUT2D eigenvalue weighted by atomic mass is 10.2. The lowest BCUT2D eigenvalue weighted by Crippen LogP contribution is -1.89. The molecule has 2 nitrogen and oxygen atoms in total. The highest BCUT2D eigenvalue weighted by atomic mass is 35.5. The van der Waals surface area contributed by atoms with E-state index in [9.17, 15) is 4.79 Å². The lowest BCUT2D eigenvalue weighted by molar-refractivity contribution is -0.128. The Kier molecular flexibility index (Phi) is 5.56. The third-order valence-electron chi connectivity index (χ3n) is 1.88. The number of benzene rings is 1. The van der Waals surface area contributed by atoms with Crippen LogP contribution in [0.2, 0.25) is 5.02 Å². The van der Waals surface area contributed by atoms with Crippen LogP contribution in [-0.4, -0.2) is 13.1 Å². The van der Waals surface area contributed by atoms with Crippen molar-refractivity contribution < 1.29 is 9.53 Å². The fraction of sp³-hybridized carbons (Fsp3) is 0.250. The largest absolute Gasteiger partial charge is 0.468 e. The summed E-state index contributed by atoms with van der Waals surface area (Å²) in [6, 6.07) is 7.63. The highest BCUT2D eigenvalue weighted by molar-refractivity contribution is 6.30. The molecule has 0 saturated heterocycles. The van der Waals surface area contributed by atoms with Crippen LogP contribution in [-0.2, 0) is 9.53 Å². The van der Waals surface area contributed by atoms with Gasteiger partial charge in [-0.2, -0.15) is 0 Å². The van der Waals surface area contributed by atoms with E-state index in [2.05, 4.69) is 10.8 Å². The van der Waals surface area contributed by atoms with Crippen LogP contribution in [0.15, 0.2) is 30.3 Å². The molecule has 3 heteroatoms. The summed E-state index contributed by atoms with van der Waals surface area (Å²) in [5.41, 5.74) is 1.12. The molecule has 0 bridgehead atoms. The number of carbonyl (C=O) groups excluding carboxylic acids is 1. The fourth-order valence-electron chi connectivity index (χ4n) is 1.13. The van der Waals surface area contributed by atoms with Crippen LogP contribution in [0.4, 0.5) is 0 Å². The zero-order valence-corrected chi connectivity index (χ0v) is 9.11. The zero-order chi connectivity index (χ0) is 10.9. The quantitative estimate of drug-likeness (QED) is 0.548. The molecule has 0 radical (unpaired) electrons. The molecule has 1 aromatic carbocycles. The van der Waals surface area contributed by atoms with Crippen molar-refractivity contribution in [3.63, 3.8) is 0 Å². The van der Waals surface area contributed by atoms with E-state index in [0.29, 0.717) is 13.1 Å². The first kappa shape index (κ1) is 11.8. The highest BCUT2D eigenvalue weighted by Gasteiger charge is 1.88. The predicted molar refractivity (Wildman–Crippen MR) is 61.7 cm³/mol. The Morgan fingerprint density at radius 1 is 1.27 bits per heavy atom. The van der Waals surface area contributed by atoms with Gasteiger partial charge in [0.15, 0.2) is 0 Å². The van der Waals surface area contributed by atoms with Gasteiger partial charge in [0.05, 0.1) is 6.61 Å². The first-order valence-electron chi connectivity index (χ1n) is 4.80. The number of rotatable bonds is 6. The van der Waals surface area contributed by atoms with Crippen molar-refractivity contribution in [2.24, 2.45) is 0 Å². The van der Waals surface area contributed by atoms with Gasteiger partial charge in [0.25, 0.3) is 6.47 Å². The summed E-state index contributed by atoms with van der Waals surface area (Å²) in [5, 5.41) is 0.742. The molecule has 0 saturated carbocycles. The van der Waals surface area contributed by atoms with Crippen LogP contribution in [0, 0.1) is 0 Å². The average molecular weight is 225 g/mol. The van der Waals surface area contributed by atoms with E-state index in [0.717, 1.165) is 23.4 Å². The van der Waals surface area contributed by atoms with Crippen LogP contribution >= 0.6 is 11.6 Å². The highest BCUT2D eigenvalue weighted by Crippen LogP contribution is 2.10. The van der Waals surface area contributed by atoms with Crippen molar-refractivity contribution in [1.29, 1.82) is 0 Å². The van der Waals surface area contributed by atoms with Crippen molar-refractivity contribution in [2.75, 3.05) is 6.61 Å². The maximum atomic E-state index is 9.84. The zero-order valence-electron chi connectivity index (χ0n) is 8.36. The number of halogens is 1. The van der Waals surface area contributed by atoms with Gasteiger partial charge < -0.3 is 4.74 Å². The van der Waals surface area contributed by atoms with E-state index in [1.54, 1.807) is 0 Å². The van der Waals surface area contributed by atoms with E-state index in [-0.39, 0.29) is 0 Å². The summed E-state index contributed by atoms with van der Waals surface area (Å²) in [4.78, 5) is 9.84. The topological polar surface area (TPSA) is 26.3 Å². The standard InChI is InChI=1S/C12H13ClO2/c13-12-7-5-11(6-8-12)4-2-1-3-9-15-10-14/h2,4-8,10H,1,3,9H2. The van der Waals surface area contributed by atoms with E-state index in [1.165, 1.54) is 0 Å². The van der Waals surface area contributed by atoms with Gasteiger partial charge >= 0.3 is 0 Å². The molecular weight excluding hydrogens is 212 g/mol. The number of hydrogen-bond donors (Lipinski definition) is 0. The molecule has 0 unspecified atom stereocenters. The molecule has 0 fully saturated rings. The van der Waals surface area contributed by atoms with Gasteiger partial charge in [0.1, 0.15) is 0 Å². The van der Waals surface area contributed by atoms with Crippen molar-refractivity contribution >= 4 is 24.1 Å². The minimum Gasteiger partial charge on any atom is -0.468 e. The number of allylic oxidation sites excluding steroid dienone is 1. The van der Waals surface area contributed by atoms with Crippen molar-refractivity contribution in [1.82, 2.24) is 0 Å². The van der Waals surface area contributed by atoms with Crippen LogP contribution in [0.1, 0.15) is 18.4 Å². The summed E-state index contributed by atoms with van der Waals surface area (Å²) in [6.45, 7) is 0.956.